The number of fused-ring (bicyclic) bond motifs is 1. The van der Waals surface area contributed by atoms with Gasteiger partial charge in [-0.3, -0.25) is 4.79 Å². The highest BCUT2D eigenvalue weighted by Gasteiger charge is 2.36. The van der Waals surface area contributed by atoms with Crippen molar-refractivity contribution in [3.8, 4) is 11.4 Å². The third-order valence-electron chi connectivity index (χ3n) is 5.38. The number of pyridine rings is 1. The van der Waals surface area contributed by atoms with Gasteiger partial charge in [-0.15, -0.1) is 5.10 Å². The minimum absolute atomic E-state index is 0.303. The number of benzene rings is 2. The van der Waals surface area contributed by atoms with Crippen molar-refractivity contribution in [1.29, 1.82) is 0 Å². The number of nitrogens with zero attached hydrogens (tertiary/aromatic N) is 4. The lowest BCUT2D eigenvalue weighted by atomic mass is 9.95. The minimum Gasteiger partial charge on any atom is -0.328 e. The van der Waals surface area contributed by atoms with Crippen LogP contribution in [-0.4, -0.2) is 25.7 Å². The Hall–Kier alpha value is -3.75. The lowest BCUT2D eigenvalue weighted by Gasteiger charge is -2.29. The van der Waals surface area contributed by atoms with E-state index in [1.807, 2.05) is 0 Å². The predicted octanol–water partition coefficient (Wildman–Crippen LogP) is 5.71. The topological polar surface area (TPSA) is 84.7 Å². The first-order valence-electron chi connectivity index (χ1n) is 10.3. The molecule has 0 saturated heterocycles. The van der Waals surface area contributed by atoms with Crippen molar-refractivity contribution in [2.75, 3.05) is 10.6 Å². The molecule has 4 aromatic rings. The van der Waals surface area contributed by atoms with Gasteiger partial charge in [-0.25, -0.2) is 14.1 Å². The molecule has 0 spiro atoms. The molecule has 2 aromatic heterocycles. The van der Waals surface area contributed by atoms with Gasteiger partial charge in [0, 0.05) is 23.0 Å². The summed E-state index contributed by atoms with van der Waals surface area (Å²) < 4.78 is 15.0. The highest BCUT2D eigenvalue weighted by atomic mass is 35.5. The Balaban J connectivity index is 1.64. The van der Waals surface area contributed by atoms with E-state index >= 15 is 0 Å². The highest BCUT2D eigenvalue weighted by molar-refractivity contribution is 6.42. The van der Waals surface area contributed by atoms with E-state index < -0.39 is 6.04 Å². The summed E-state index contributed by atoms with van der Waals surface area (Å²) in [6, 6.07) is 15.6. The number of carbonyl (C=O) groups excluding carboxylic acids is 1. The smallest absolute Gasteiger partial charge is 0.257 e. The van der Waals surface area contributed by atoms with E-state index in [9.17, 15) is 9.18 Å². The van der Waals surface area contributed by atoms with Crippen molar-refractivity contribution in [3.05, 3.63) is 99.6 Å². The average Bonchev–Trinajstić information content (AvgIpc) is 3.25. The standard InChI is InChI=1S/C24H17Cl2FN6O/c1-13-19(23(34)30-18-7-2-3-12-28-18)21(16-5-4-6-17(25)20(16)26)33-24(29-13)31-22(32-33)14-8-10-15(27)11-9-14/h2-12,21H,1H3,(H,28,30,34)(H,29,31,32). The van der Waals surface area contributed by atoms with Gasteiger partial charge in [0.2, 0.25) is 5.95 Å². The SMILES string of the molecule is CC1=C(C(=O)Nc2ccccn2)C(c2cccc(Cl)c2Cl)n2nc(-c3ccc(F)cc3)nc2N1. The number of hydrogen-bond donors (Lipinski definition) is 2. The quantitative estimate of drug-likeness (QED) is 0.379. The summed E-state index contributed by atoms with van der Waals surface area (Å²) in [6.45, 7) is 1.77. The van der Waals surface area contributed by atoms with Crippen LogP contribution < -0.4 is 10.6 Å². The third-order valence-corrected chi connectivity index (χ3v) is 6.22. The Kier molecular flexibility index (Phi) is 5.77. The molecule has 0 bridgehead atoms. The Morgan fingerprint density at radius 1 is 1.09 bits per heavy atom. The van der Waals surface area contributed by atoms with Gasteiger partial charge < -0.3 is 10.6 Å². The average molecular weight is 495 g/mol. The van der Waals surface area contributed by atoms with Crippen LogP contribution in [0.5, 0.6) is 0 Å². The van der Waals surface area contributed by atoms with Gasteiger partial charge in [0.25, 0.3) is 5.91 Å². The fraction of sp³-hybridized carbons (Fsp3) is 0.0833. The molecule has 7 nitrogen and oxygen atoms in total. The molecule has 2 aromatic carbocycles. The number of hydrogen-bond acceptors (Lipinski definition) is 5. The normalized spacial score (nSPS) is 15.0. The number of anilines is 2. The molecule has 1 atom stereocenters. The van der Waals surface area contributed by atoms with E-state index in [-0.39, 0.29) is 11.7 Å². The lowest BCUT2D eigenvalue weighted by molar-refractivity contribution is -0.113. The second-order valence-corrected chi connectivity index (χ2v) is 8.37. The van der Waals surface area contributed by atoms with Crippen LogP contribution in [0.1, 0.15) is 18.5 Å². The Labute approximate surface area is 204 Å². The number of halogens is 3. The molecule has 5 rings (SSSR count). The van der Waals surface area contributed by atoms with Gasteiger partial charge in [-0.05, 0) is 49.4 Å². The monoisotopic (exact) mass is 494 g/mol. The highest BCUT2D eigenvalue weighted by Crippen LogP contribution is 2.41. The van der Waals surface area contributed by atoms with Crippen LogP contribution in [0.4, 0.5) is 16.2 Å². The van der Waals surface area contributed by atoms with Crippen molar-refractivity contribution in [2.24, 2.45) is 0 Å². The summed E-state index contributed by atoms with van der Waals surface area (Å²) in [7, 11) is 0. The van der Waals surface area contributed by atoms with Crippen molar-refractivity contribution in [1.82, 2.24) is 19.7 Å². The molecule has 34 heavy (non-hydrogen) atoms. The molecule has 10 heteroatoms. The number of carbonyl (C=O) groups is 1. The Bertz CT molecular complexity index is 1420. The molecular formula is C24H17Cl2FN6O. The molecular weight excluding hydrogens is 478 g/mol. The maximum atomic E-state index is 13.5. The fourth-order valence-corrected chi connectivity index (χ4v) is 4.22. The maximum absolute atomic E-state index is 13.5. The van der Waals surface area contributed by atoms with Crippen LogP contribution in [0.2, 0.25) is 10.0 Å². The number of allylic oxidation sites excluding steroid dienone is 1. The van der Waals surface area contributed by atoms with Crippen molar-refractivity contribution in [2.45, 2.75) is 13.0 Å². The Morgan fingerprint density at radius 3 is 2.62 bits per heavy atom. The molecule has 0 aliphatic carbocycles. The van der Waals surface area contributed by atoms with Crippen LogP contribution >= 0.6 is 23.2 Å². The van der Waals surface area contributed by atoms with Gasteiger partial charge in [0.05, 0.1) is 15.6 Å². The largest absolute Gasteiger partial charge is 0.328 e. The van der Waals surface area contributed by atoms with E-state index in [1.54, 1.807) is 66.3 Å². The van der Waals surface area contributed by atoms with Crippen molar-refractivity contribution >= 4 is 40.9 Å². The minimum atomic E-state index is -0.729. The predicted molar refractivity (Wildman–Crippen MR) is 129 cm³/mol. The van der Waals surface area contributed by atoms with E-state index in [0.29, 0.717) is 50.0 Å². The number of amides is 1. The second kappa shape index (κ2) is 8.89. The van der Waals surface area contributed by atoms with Crippen molar-refractivity contribution < 1.29 is 9.18 Å². The van der Waals surface area contributed by atoms with E-state index in [2.05, 4.69) is 25.7 Å². The van der Waals surface area contributed by atoms with E-state index in [1.165, 1.54) is 12.1 Å². The van der Waals surface area contributed by atoms with Crippen LogP contribution in [0.3, 0.4) is 0 Å². The molecule has 3 heterocycles. The fourth-order valence-electron chi connectivity index (χ4n) is 3.81. The molecule has 0 fully saturated rings. The third kappa shape index (κ3) is 4.02. The first-order valence-corrected chi connectivity index (χ1v) is 11.0. The molecule has 0 saturated carbocycles. The maximum Gasteiger partial charge on any atom is 0.257 e. The molecule has 1 unspecified atom stereocenters. The summed E-state index contributed by atoms with van der Waals surface area (Å²) in [6.07, 6.45) is 1.59. The zero-order chi connectivity index (χ0) is 23.8. The lowest BCUT2D eigenvalue weighted by Crippen LogP contribution is -2.31. The van der Waals surface area contributed by atoms with Crippen LogP contribution in [-0.2, 0) is 4.79 Å². The van der Waals surface area contributed by atoms with Gasteiger partial charge in [0.15, 0.2) is 5.82 Å². The summed E-state index contributed by atoms with van der Waals surface area (Å²) in [4.78, 5) is 22.2. The summed E-state index contributed by atoms with van der Waals surface area (Å²) in [5.74, 6) is 0.437. The number of aromatic nitrogens is 4. The zero-order valence-corrected chi connectivity index (χ0v) is 19.3. The summed E-state index contributed by atoms with van der Waals surface area (Å²) in [5.41, 5.74) is 2.15. The van der Waals surface area contributed by atoms with Gasteiger partial charge in [0.1, 0.15) is 17.7 Å². The van der Waals surface area contributed by atoms with E-state index in [4.69, 9.17) is 23.2 Å². The van der Waals surface area contributed by atoms with Crippen molar-refractivity contribution in [3.63, 3.8) is 0 Å². The first-order chi connectivity index (χ1) is 16.4. The molecule has 170 valence electrons. The second-order valence-electron chi connectivity index (χ2n) is 7.59. The summed E-state index contributed by atoms with van der Waals surface area (Å²) in [5, 5.41) is 11.3. The molecule has 1 amide bonds. The van der Waals surface area contributed by atoms with Crippen LogP contribution in [0.25, 0.3) is 11.4 Å². The number of rotatable bonds is 4. The molecule has 2 N–H and O–H groups in total. The van der Waals surface area contributed by atoms with Gasteiger partial charge in [-0.1, -0.05) is 41.4 Å². The first kappa shape index (κ1) is 22.1. The Morgan fingerprint density at radius 2 is 1.88 bits per heavy atom. The summed E-state index contributed by atoms with van der Waals surface area (Å²) >= 11 is 12.9. The van der Waals surface area contributed by atoms with E-state index in [0.717, 1.165) is 0 Å². The van der Waals surface area contributed by atoms with Gasteiger partial charge >= 0.3 is 0 Å². The zero-order valence-electron chi connectivity index (χ0n) is 17.8. The van der Waals surface area contributed by atoms with Gasteiger partial charge in [-0.2, -0.15) is 4.98 Å². The van der Waals surface area contributed by atoms with Crippen LogP contribution in [0, 0.1) is 5.82 Å². The molecule has 1 aliphatic heterocycles. The number of nitrogens with one attached hydrogen (secondary N) is 2. The van der Waals surface area contributed by atoms with Crippen LogP contribution in [0.15, 0.2) is 78.1 Å². The molecule has 1 aliphatic rings. The molecule has 0 radical (unpaired) electrons.